The molecule has 1 amide bonds. The Morgan fingerprint density at radius 3 is 2.84 bits per heavy atom. The van der Waals surface area contributed by atoms with Crippen molar-refractivity contribution in [2.24, 2.45) is 0 Å². The molecule has 1 aliphatic heterocycles. The van der Waals surface area contributed by atoms with Gasteiger partial charge < -0.3 is 10.2 Å². The molecule has 1 fully saturated rings. The minimum absolute atomic E-state index is 0. The number of nitrogens with one attached hydrogen (secondary N) is 1. The Labute approximate surface area is 163 Å². The third kappa shape index (κ3) is 4.43. The highest BCUT2D eigenvalue weighted by atomic mass is 79.9. The van der Waals surface area contributed by atoms with Gasteiger partial charge in [-0.2, -0.15) is 5.10 Å². The molecule has 1 unspecified atom stereocenters. The van der Waals surface area contributed by atoms with Gasteiger partial charge in [-0.05, 0) is 38.5 Å². The predicted molar refractivity (Wildman–Crippen MR) is 106 cm³/mol. The number of piperazine rings is 1. The number of benzene rings is 1. The highest BCUT2D eigenvalue weighted by Crippen LogP contribution is 2.19. The van der Waals surface area contributed by atoms with Crippen LogP contribution in [-0.4, -0.2) is 46.3 Å². The van der Waals surface area contributed by atoms with Gasteiger partial charge in [-0.15, -0.1) is 12.4 Å². The molecule has 1 N–H and O–H groups in total. The number of hydrogen-bond acceptors (Lipinski definition) is 3. The Kier molecular flexibility index (Phi) is 6.65. The molecule has 136 valence electrons. The van der Waals surface area contributed by atoms with Crippen molar-refractivity contribution in [3.63, 3.8) is 0 Å². The molecular formula is C18H24BrClN4O. The molecule has 1 aliphatic rings. The normalized spacial score (nSPS) is 17.3. The molecule has 25 heavy (non-hydrogen) atoms. The molecule has 1 aromatic heterocycles. The van der Waals surface area contributed by atoms with Crippen LogP contribution < -0.4 is 5.32 Å². The quantitative estimate of drug-likeness (QED) is 0.818. The van der Waals surface area contributed by atoms with Crippen molar-refractivity contribution in [1.82, 2.24) is 20.0 Å². The van der Waals surface area contributed by atoms with E-state index < -0.39 is 0 Å². The van der Waals surface area contributed by atoms with Crippen molar-refractivity contribution >= 4 is 34.2 Å². The molecule has 0 radical (unpaired) electrons. The lowest BCUT2D eigenvalue weighted by Gasteiger charge is -2.32. The molecule has 0 saturated carbocycles. The zero-order valence-electron chi connectivity index (χ0n) is 14.8. The first-order valence-corrected chi connectivity index (χ1v) is 9.06. The van der Waals surface area contributed by atoms with Crippen LogP contribution in [0.1, 0.15) is 34.2 Å². The maximum Gasteiger partial charge on any atom is 0.257 e. The monoisotopic (exact) mass is 426 g/mol. The lowest BCUT2D eigenvalue weighted by Crippen LogP contribution is -2.51. The van der Waals surface area contributed by atoms with Crippen LogP contribution in [0.5, 0.6) is 0 Å². The molecule has 3 rings (SSSR count). The fourth-order valence-electron chi connectivity index (χ4n) is 3.24. The largest absolute Gasteiger partial charge is 0.336 e. The zero-order valence-corrected chi connectivity index (χ0v) is 17.2. The summed E-state index contributed by atoms with van der Waals surface area (Å²) in [7, 11) is 0. The fourth-order valence-corrected chi connectivity index (χ4v) is 3.69. The van der Waals surface area contributed by atoms with Gasteiger partial charge in [0.1, 0.15) is 0 Å². The number of halogens is 2. The van der Waals surface area contributed by atoms with E-state index in [2.05, 4.69) is 45.4 Å². The molecule has 0 bridgehead atoms. The molecule has 2 heterocycles. The second kappa shape index (κ2) is 8.34. The van der Waals surface area contributed by atoms with Crippen molar-refractivity contribution in [2.75, 3.05) is 19.6 Å². The number of nitrogens with zero attached hydrogens (tertiary/aromatic N) is 3. The smallest absolute Gasteiger partial charge is 0.257 e. The average Bonchev–Trinajstić information content (AvgIpc) is 2.81. The molecule has 0 aliphatic carbocycles. The van der Waals surface area contributed by atoms with Crippen LogP contribution in [0, 0.1) is 13.8 Å². The standard InChI is InChI=1S/C18H23BrN4O.ClH/c1-12-10-22(8-7-20-12)18(24)17-13(2)21-23(14(17)3)11-15-5-4-6-16(19)9-15;/h4-6,9,12,20H,7-8,10-11H2,1-3H3;1H. The Balaban J connectivity index is 0.00000225. The van der Waals surface area contributed by atoms with Crippen LogP contribution in [0.3, 0.4) is 0 Å². The predicted octanol–water partition coefficient (Wildman–Crippen LogP) is 3.17. The Bertz CT molecular complexity index is 762. The van der Waals surface area contributed by atoms with Crippen LogP contribution in [0.15, 0.2) is 28.7 Å². The summed E-state index contributed by atoms with van der Waals surface area (Å²) in [5, 5.41) is 7.98. The second-order valence-electron chi connectivity index (χ2n) is 6.44. The zero-order chi connectivity index (χ0) is 17.3. The first kappa shape index (κ1) is 19.9. The third-order valence-electron chi connectivity index (χ3n) is 4.47. The topological polar surface area (TPSA) is 50.2 Å². The first-order valence-electron chi connectivity index (χ1n) is 8.27. The molecule has 5 nitrogen and oxygen atoms in total. The van der Waals surface area contributed by atoms with Gasteiger partial charge in [-0.3, -0.25) is 9.48 Å². The molecule has 0 spiro atoms. The molecule has 1 saturated heterocycles. The van der Waals surface area contributed by atoms with Crippen molar-refractivity contribution in [1.29, 1.82) is 0 Å². The van der Waals surface area contributed by atoms with E-state index in [-0.39, 0.29) is 18.3 Å². The number of amides is 1. The molecule has 7 heteroatoms. The van der Waals surface area contributed by atoms with E-state index in [0.717, 1.165) is 46.6 Å². The Morgan fingerprint density at radius 1 is 1.40 bits per heavy atom. The number of aryl methyl sites for hydroxylation is 1. The summed E-state index contributed by atoms with van der Waals surface area (Å²) in [6.45, 7) is 9.01. The number of carbonyl (C=O) groups is 1. The lowest BCUT2D eigenvalue weighted by molar-refractivity contribution is 0.0707. The highest BCUT2D eigenvalue weighted by Gasteiger charge is 2.26. The van der Waals surface area contributed by atoms with Gasteiger partial charge in [-0.25, -0.2) is 0 Å². The van der Waals surface area contributed by atoms with Crippen molar-refractivity contribution in [3.05, 3.63) is 51.3 Å². The van der Waals surface area contributed by atoms with Crippen molar-refractivity contribution in [2.45, 2.75) is 33.4 Å². The van der Waals surface area contributed by atoms with Crippen LogP contribution in [0.2, 0.25) is 0 Å². The summed E-state index contributed by atoms with van der Waals surface area (Å²) >= 11 is 3.50. The minimum atomic E-state index is 0. The summed E-state index contributed by atoms with van der Waals surface area (Å²) in [6.07, 6.45) is 0. The van der Waals surface area contributed by atoms with Gasteiger partial charge >= 0.3 is 0 Å². The molecular weight excluding hydrogens is 404 g/mol. The molecule has 1 aromatic carbocycles. The lowest BCUT2D eigenvalue weighted by atomic mass is 10.1. The third-order valence-corrected chi connectivity index (χ3v) is 4.97. The molecule has 1 atom stereocenters. The van der Waals surface area contributed by atoms with Gasteiger partial charge in [0.05, 0.1) is 17.8 Å². The van der Waals surface area contributed by atoms with E-state index in [9.17, 15) is 4.79 Å². The summed E-state index contributed by atoms with van der Waals surface area (Å²) < 4.78 is 2.98. The number of carbonyl (C=O) groups excluding carboxylic acids is 1. The van der Waals surface area contributed by atoms with Crippen molar-refractivity contribution < 1.29 is 4.79 Å². The maximum atomic E-state index is 12.9. The summed E-state index contributed by atoms with van der Waals surface area (Å²) in [4.78, 5) is 14.9. The van der Waals surface area contributed by atoms with Gasteiger partial charge in [0.15, 0.2) is 0 Å². The van der Waals surface area contributed by atoms with Gasteiger partial charge in [0.25, 0.3) is 5.91 Å². The van der Waals surface area contributed by atoms with E-state index in [4.69, 9.17) is 0 Å². The van der Waals surface area contributed by atoms with E-state index >= 15 is 0 Å². The Hall–Kier alpha value is -1.37. The van der Waals surface area contributed by atoms with Gasteiger partial charge in [-0.1, -0.05) is 28.1 Å². The fraction of sp³-hybridized carbons (Fsp3) is 0.444. The minimum Gasteiger partial charge on any atom is -0.336 e. The van der Waals surface area contributed by atoms with Crippen LogP contribution >= 0.6 is 28.3 Å². The van der Waals surface area contributed by atoms with E-state index in [1.807, 2.05) is 35.6 Å². The van der Waals surface area contributed by atoms with Crippen LogP contribution in [0.25, 0.3) is 0 Å². The first-order chi connectivity index (χ1) is 11.5. The van der Waals surface area contributed by atoms with Gasteiger partial charge in [0, 0.05) is 35.8 Å². The summed E-state index contributed by atoms with van der Waals surface area (Å²) in [5.41, 5.74) is 3.64. The summed E-state index contributed by atoms with van der Waals surface area (Å²) in [5.74, 6) is 0.0962. The van der Waals surface area contributed by atoms with Crippen LogP contribution in [0.4, 0.5) is 0 Å². The summed E-state index contributed by atoms with van der Waals surface area (Å²) in [6, 6.07) is 8.50. The van der Waals surface area contributed by atoms with Crippen molar-refractivity contribution in [3.8, 4) is 0 Å². The van der Waals surface area contributed by atoms with E-state index in [1.54, 1.807) is 0 Å². The van der Waals surface area contributed by atoms with Crippen LogP contribution in [-0.2, 0) is 6.54 Å². The van der Waals surface area contributed by atoms with E-state index in [1.165, 1.54) is 0 Å². The Morgan fingerprint density at radius 2 is 2.16 bits per heavy atom. The number of rotatable bonds is 3. The number of aromatic nitrogens is 2. The SMILES string of the molecule is Cc1nn(Cc2cccc(Br)c2)c(C)c1C(=O)N1CCNC(C)C1.Cl. The average molecular weight is 428 g/mol. The second-order valence-corrected chi connectivity index (χ2v) is 7.36. The van der Waals surface area contributed by atoms with E-state index in [0.29, 0.717) is 12.6 Å². The highest BCUT2D eigenvalue weighted by molar-refractivity contribution is 9.10. The molecule has 2 aromatic rings. The maximum absolute atomic E-state index is 12.9. The van der Waals surface area contributed by atoms with Gasteiger partial charge in [0.2, 0.25) is 0 Å². The number of hydrogen-bond donors (Lipinski definition) is 1.